The predicted octanol–water partition coefficient (Wildman–Crippen LogP) is 3.06. The Morgan fingerprint density at radius 1 is 1.06 bits per heavy atom. The Hall–Kier alpha value is -3.11. The first-order valence-electron chi connectivity index (χ1n) is 9.65. The molecule has 0 aliphatic carbocycles. The van der Waals surface area contributed by atoms with Crippen molar-refractivity contribution in [3.63, 3.8) is 0 Å². The summed E-state index contributed by atoms with van der Waals surface area (Å²) in [7, 11) is -0.236. The SMILES string of the molecule is CN(C)CCNc1oc(-c2ccc(F)cc2)nc1S(=O)(=O)c1ccc2c(c1)OCCO2. The molecule has 0 spiro atoms. The van der Waals surface area contributed by atoms with Crippen LogP contribution in [0.15, 0.2) is 56.8 Å². The molecule has 0 saturated carbocycles. The molecule has 10 heteroatoms. The number of aromatic nitrogens is 1. The summed E-state index contributed by atoms with van der Waals surface area (Å²) >= 11 is 0. The Kier molecular flexibility index (Phi) is 5.84. The van der Waals surface area contributed by atoms with E-state index < -0.39 is 15.7 Å². The van der Waals surface area contributed by atoms with Crippen LogP contribution in [0, 0.1) is 5.82 Å². The van der Waals surface area contributed by atoms with Crippen molar-refractivity contribution < 1.29 is 26.7 Å². The van der Waals surface area contributed by atoms with Gasteiger partial charge in [-0.05, 0) is 50.5 Å². The lowest BCUT2D eigenvalue weighted by atomic mass is 10.2. The molecule has 1 aliphatic heterocycles. The maximum atomic E-state index is 13.4. The number of rotatable bonds is 7. The predicted molar refractivity (Wildman–Crippen MR) is 112 cm³/mol. The number of fused-ring (bicyclic) bond motifs is 1. The number of hydrogen-bond acceptors (Lipinski definition) is 8. The van der Waals surface area contributed by atoms with Gasteiger partial charge in [0.2, 0.25) is 26.6 Å². The minimum atomic E-state index is -4.04. The van der Waals surface area contributed by atoms with Gasteiger partial charge < -0.3 is 24.1 Å². The smallest absolute Gasteiger partial charge is 0.233 e. The molecule has 1 aromatic heterocycles. The van der Waals surface area contributed by atoms with Gasteiger partial charge in [-0.25, -0.2) is 12.8 Å². The van der Waals surface area contributed by atoms with E-state index in [2.05, 4.69) is 10.3 Å². The Morgan fingerprint density at radius 2 is 1.77 bits per heavy atom. The molecule has 0 amide bonds. The van der Waals surface area contributed by atoms with E-state index in [9.17, 15) is 12.8 Å². The average molecular weight is 447 g/mol. The molecule has 8 nitrogen and oxygen atoms in total. The Morgan fingerprint density at radius 3 is 2.48 bits per heavy atom. The van der Waals surface area contributed by atoms with Gasteiger partial charge in [0.25, 0.3) is 0 Å². The monoisotopic (exact) mass is 447 g/mol. The number of anilines is 1. The van der Waals surface area contributed by atoms with Crippen molar-refractivity contribution in [2.24, 2.45) is 0 Å². The lowest BCUT2D eigenvalue weighted by Gasteiger charge is -2.18. The topological polar surface area (TPSA) is 93.9 Å². The van der Waals surface area contributed by atoms with E-state index in [1.807, 2.05) is 19.0 Å². The highest BCUT2D eigenvalue weighted by molar-refractivity contribution is 7.91. The van der Waals surface area contributed by atoms with Crippen molar-refractivity contribution in [3.8, 4) is 23.0 Å². The largest absolute Gasteiger partial charge is 0.486 e. The maximum Gasteiger partial charge on any atom is 0.233 e. The molecule has 2 aromatic carbocycles. The van der Waals surface area contributed by atoms with Crippen LogP contribution >= 0.6 is 0 Å². The third-order valence-electron chi connectivity index (χ3n) is 4.61. The Labute approximate surface area is 179 Å². The van der Waals surface area contributed by atoms with Crippen molar-refractivity contribution in [2.75, 3.05) is 45.7 Å². The highest BCUT2D eigenvalue weighted by Crippen LogP contribution is 2.37. The number of nitrogens with one attached hydrogen (secondary N) is 1. The van der Waals surface area contributed by atoms with Gasteiger partial charge in [-0.2, -0.15) is 4.98 Å². The zero-order valence-corrected chi connectivity index (χ0v) is 17.9. The molecule has 0 atom stereocenters. The van der Waals surface area contributed by atoms with Crippen LogP contribution in [-0.2, 0) is 9.84 Å². The molecule has 0 unspecified atom stereocenters. The molecule has 0 saturated heterocycles. The molecule has 3 aromatic rings. The van der Waals surface area contributed by atoms with Crippen LogP contribution in [0.25, 0.3) is 11.5 Å². The van der Waals surface area contributed by atoms with E-state index in [1.165, 1.54) is 36.4 Å². The molecule has 1 N–H and O–H groups in total. The van der Waals surface area contributed by atoms with E-state index in [1.54, 1.807) is 6.07 Å². The number of ether oxygens (including phenoxy) is 2. The van der Waals surface area contributed by atoms with E-state index in [0.717, 1.165) is 0 Å². The summed E-state index contributed by atoms with van der Waals surface area (Å²) in [5.74, 6) is 0.529. The lowest BCUT2D eigenvalue weighted by Crippen LogP contribution is -2.21. The van der Waals surface area contributed by atoms with Crippen LogP contribution in [0.5, 0.6) is 11.5 Å². The second-order valence-corrected chi connectivity index (χ2v) is 9.06. The van der Waals surface area contributed by atoms with Gasteiger partial charge in [0.05, 0.1) is 4.90 Å². The first-order chi connectivity index (χ1) is 14.8. The minimum Gasteiger partial charge on any atom is -0.486 e. The standard InChI is InChI=1S/C21H22FN3O5S/c1-25(2)10-9-23-20-21(24-19(30-20)14-3-5-15(22)6-4-14)31(26,27)16-7-8-17-18(13-16)29-12-11-28-17/h3-8,13,23H,9-12H2,1-2H3. The summed E-state index contributed by atoms with van der Waals surface area (Å²) in [6.45, 7) is 1.83. The van der Waals surface area contributed by atoms with Gasteiger partial charge in [-0.1, -0.05) is 0 Å². The first kappa shape index (κ1) is 21.1. The van der Waals surface area contributed by atoms with Gasteiger partial charge in [0.15, 0.2) is 11.5 Å². The summed E-state index contributed by atoms with van der Waals surface area (Å²) in [4.78, 5) is 6.19. The number of hydrogen-bond donors (Lipinski definition) is 1. The zero-order valence-electron chi connectivity index (χ0n) is 17.1. The molecule has 31 heavy (non-hydrogen) atoms. The van der Waals surface area contributed by atoms with Gasteiger partial charge >= 0.3 is 0 Å². The van der Waals surface area contributed by atoms with Crippen molar-refractivity contribution in [1.29, 1.82) is 0 Å². The van der Waals surface area contributed by atoms with Gasteiger partial charge in [-0.15, -0.1) is 0 Å². The molecule has 4 rings (SSSR count). The number of benzene rings is 2. The molecular formula is C21H22FN3O5S. The molecule has 0 fully saturated rings. The van der Waals surface area contributed by atoms with Gasteiger partial charge in [-0.3, -0.25) is 0 Å². The molecule has 0 radical (unpaired) electrons. The van der Waals surface area contributed by atoms with Gasteiger partial charge in [0.1, 0.15) is 19.0 Å². The second-order valence-electron chi connectivity index (χ2n) is 7.20. The third-order valence-corrected chi connectivity index (χ3v) is 6.27. The van der Waals surface area contributed by atoms with E-state index in [0.29, 0.717) is 43.4 Å². The minimum absolute atomic E-state index is 0.00589. The summed E-state index contributed by atoms with van der Waals surface area (Å²) in [5.41, 5.74) is 0.459. The van der Waals surface area contributed by atoms with Crippen LogP contribution in [0.2, 0.25) is 0 Å². The Balaban J connectivity index is 1.74. The van der Waals surface area contributed by atoms with Crippen LogP contribution in [0.1, 0.15) is 0 Å². The number of likely N-dealkylation sites (N-methyl/N-ethyl adjacent to an activating group) is 1. The average Bonchev–Trinajstić information content (AvgIpc) is 3.18. The van der Waals surface area contributed by atoms with E-state index in [4.69, 9.17) is 13.9 Å². The second kappa shape index (κ2) is 8.56. The first-order valence-corrected chi connectivity index (χ1v) is 11.1. The van der Waals surface area contributed by atoms with E-state index in [-0.39, 0.29) is 21.7 Å². The summed E-state index contributed by atoms with van der Waals surface area (Å²) in [6, 6.07) is 9.89. The summed E-state index contributed by atoms with van der Waals surface area (Å²) in [5, 5.41) is 2.76. The third kappa shape index (κ3) is 4.49. The van der Waals surface area contributed by atoms with Gasteiger partial charge in [0, 0.05) is 24.7 Å². The zero-order chi connectivity index (χ0) is 22.0. The van der Waals surface area contributed by atoms with Crippen LogP contribution < -0.4 is 14.8 Å². The molecule has 2 heterocycles. The normalized spacial score (nSPS) is 13.4. The number of sulfone groups is 1. The number of oxazole rings is 1. The quantitative estimate of drug-likeness (QED) is 0.591. The fraction of sp³-hybridized carbons (Fsp3) is 0.286. The van der Waals surface area contributed by atoms with Crippen molar-refractivity contribution in [2.45, 2.75) is 9.92 Å². The van der Waals surface area contributed by atoms with Crippen molar-refractivity contribution in [1.82, 2.24) is 9.88 Å². The molecule has 0 bridgehead atoms. The molecular weight excluding hydrogens is 425 g/mol. The summed E-state index contributed by atoms with van der Waals surface area (Å²) < 4.78 is 56.8. The van der Waals surface area contributed by atoms with Crippen LogP contribution in [0.3, 0.4) is 0 Å². The number of halogens is 1. The van der Waals surface area contributed by atoms with Crippen LogP contribution in [0.4, 0.5) is 10.3 Å². The maximum absolute atomic E-state index is 13.4. The molecule has 1 aliphatic rings. The Bertz CT molecular complexity index is 1180. The summed E-state index contributed by atoms with van der Waals surface area (Å²) in [6.07, 6.45) is 0. The highest BCUT2D eigenvalue weighted by Gasteiger charge is 2.30. The van der Waals surface area contributed by atoms with Crippen molar-refractivity contribution >= 4 is 15.7 Å². The lowest BCUT2D eigenvalue weighted by molar-refractivity contribution is 0.171. The van der Waals surface area contributed by atoms with Crippen molar-refractivity contribution in [3.05, 3.63) is 48.3 Å². The van der Waals surface area contributed by atoms with Crippen LogP contribution in [-0.4, -0.2) is 58.7 Å². The fourth-order valence-electron chi connectivity index (χ4n) is 3.01. The molecule has 164 valence electrons. The van der Waals surface area contributed by atoms with E-state index >= 15 is 0 Å². The highest BCUT2D eigenvalue weighted by atomic mass is 32.2. The fourth-order valence-corrected chi connectivity index (χ4v) is 4.31. The number of nitrogens with zero attached hydrogens (tertiary/aromatic N) is 2.